The lowest BCUT2D eigenvalue weighted by molar-refractivity contribution is 0.415. The Balaban J connectivity index is 1.90. The molecule has 0 radical (unpaired) electrons. The third-order valence-corrected chi connectivity index (χ3v) is 3.79. The van der Waals surface area contributed by atoms with E-state index in [1.165, 1.54) is 5.56 Å². The lowest BCUT2D eigenvalue weighted by atomic mass is 10.1. The molecule has 3 rings (SSSR count). The Bertz CT molecular complexity index is 800. The maximum absolute atomic E-state index is 5.92. The summed E-state index contributed by atoms with van der Waals surface area (Å²) in [5, 5.41) is 5.31. The summed E-state index contributed by atoms with van der Waals surface area (Å²) in [6.45, 7) is 2.73. The molecule has 1 aromatic heterocycles. The van der Waals surface area contributed by atoms with Gasteiger partial charge >= 0.3 is 0 Å². The second kappa shape index (κ2) is 6.24. The fourth-order valence-corrected chi connectivity index (χ4v) is 2.54. The van der Waals surface area contributed by atoms with Crippen LogP contribution in [0.25, 0.3) is 10.9 Å². The van der Waals surface area contributed by atoms with Gasteiger partial charge in [0.1, 0.15) is 5.75 Å². The highest BCUT2D eigenvalue weighted by atomic mass is 35.5. The van der Waals surface area contributed by atoms with Gasteiger partial charge in [0.05, 0.1) is 12.6 Å². The van der Waals surface area contributed by atoms with E-state index in [0.717, 1.165) is 39.6 Å². The predicted octanol–water partition coefficient (Wildman–Crippen LogP) is 4.82. The van der Waals surface area contributed by atoms with Crippen LogP contribution >= 0.6 is 11.6 Å². The van der Waals surface area contributed by atoms with Crippen molar-refractivity contribution in [3.8, 4) is 5.75 Å². The van der Waals surface area contributed by atoms with Crippen molar-refractivity contribution in [1.82, 2.24) is 4.98 Å². The van der Waals surface area contributed by atoms with E-state index in [9.17, 15) is 0 Å². The molecule has 0 spiro atoms. The molecule has 1 N–H and O–H groups in total. The molecule has 3 aromatic rings. The fourth-order valence-electron chi connectivity index (χ4n) is 2.41. The number of halogens is 1. The number of anilines is 1. The number of aryl methyl sites for hydroxylation is 1. The molecule has 0 atom stereocenters. The van der Waals surface area contributed by atoms with Crippen molar-refractivity contribution < 1.29 is 4.74 Å². The molecule has 0 saturated heterocycles. The van der Waals surface area contributed by atoms with Gasteiger partial charge in [0, 0.05) is 34.4 Å². The van der Waals surface area contributed by atoms with Crippen molar-refractivity contribution in [2.24, 2.45) is 0 Å². The van der Waals surface area contributed by atoms with Crippen molar-refractivity contribution >= 4 is 28.2 Å². The van der Waals surface area contributed by atoms with Crippen LogP contribution in [0.4, 0.5) is 5.69 Å². The zero-order valence-electron chi connectivity index (χ0n) is 12.6. The van der Waals surface area contributed by atoms with Crippen molar-refractivity contribution in [2.75, 3.05) is 12.4 Å². The first-order valence-corrected chi connectivity index (χ1v) is 7.47. The van der Waals surface area contributed by atoms with Crippen LogP contribution < -0.4 is 10.1 Å². The standard InChI is InChI=1S/C18H17ClN2O/c1-12-9-17(20-11-13-3-5-14(19)6-4-13)16-8-7-15(22-2)10-18(16)21-12/h3-10H,11H2,1-2H3,(H,20,21). The largest absolute Gasteiger partial charge is 0.497 e. The number of pyridine rings is 1. The summed E-state index contributed by atoms with van der Waals surface area (Å²) in [6.07, 6.45) is 0. The molecule has 22 heavy (non-hydrogen) atoms. The number of nitrogens with zero attached hydrogens (tertiary/aromatic N) is 1. The molecular formula is C18H17ClN2O. The van der Waals surface area contributed by atoms with E-state index < -0.39 is 0 Å². The average Bonchev–Trinajstić information content (AvgIpc) is 2.53. The Morgan fingerprint density at radius 1 is 1.09 bits per heavy atom. The van der Waals surface area contributed by atoms with E-state index in [-0.39, 0.29) is 0 Å². The number of hydrogen-bond acceptors (Lipinski definition) is 3. The fraction of sp³-hybridized carbons (Fsp3) is 0.167. The first-order valence-electron chi connectivity index (χ1n) is 7.09. The van der Waals surface area contributed by atoms with E-state index in [1.54, 1.807) is 7.11 Å². The summed E-state index contributed by atoms with van der Waals surface area (Å²) in [7, 11) is 1.66. The molecule has 3 nitrogen and oxygen atoms in total. The van der Waals surface area contributed by atoms with Crippen LogP contribution in [0.2, 0.25) is 5.02 Å². The normalized spacial score (nSPS) is 10.7. The van der Waals surface area contributed by atoms with Gasteiger partial charge in [-0.1, -0.05) is 23.7 Å². The Labute approximate surface area is 134 Å². The Hall–Kier alpha value is -2.26. The van der Waals surface area contributed by atoms with Crippen LogP contribution in [0.15, 0.2) is 48.5 Å². The number of rotatable bonds is 4. The highest BCUT2D eigenvalue weighted by Gasteiger charge is 2.05. The van der Waals surface area contributed by atoms with Crippen LogP contribution in [0, 0.1) is 6.92 Å². The highest BCUT2D eigenvalue weighted by Crippen LogP contribution is 2.27. The minimum Gasteiger partial charge on any atom is -0.497 e. The van der Waals surface area contributed by atoms with Crippen LogP contribution in [0.3, 0.4) is 0 Å². The minimum atomic E-state index is 0.738. The van der Waals surface area contributed by atoms with Gasteiger partial charge in [0.2, 0.25) is 0 Å². The summed E-state index contributed by atoms with van der Waals surface area (Å²) in [5.41, 5.74) is 4.15. The van der Waals surface area contributed by atoms with Crippen molar-refractivity contribution in [3.05, 3.63) is 64.8 Å². The van der Waals surface area contributed by atoms with Gasteiger partial charge in [-0.05, 0) is 42.8 Å². The van der Waals surface area contributed by atoms with E-state index in [0.29, 0.717) is 0 Å². The number of fused-ring (bicyclic) bond motifs is 1. The number of nitrogens with one attached hydrogen (secondary N) is 1. The topological polar surface area (TPSA) is 34.1 Å². The van der Waals surface area contributed by atoms with Gasteiger partial charge < -0.3 is 10.1 Å². The molecule has 0 aliphatic heterocycles. The van der Waals surface area contributed by atoms with E-state index in [2.05, 4.69) is 16.4 Å². The molecule has 0 bridgehead atoms. The van der Waals surface area contributed by atoms with Crippen molar-refractivity contribution in [3.63, 3.8) is 0 Å². The molecule has 2 aromatic carbocycles. The summed E-state index contributed by atoms with van der Waals surface area (Å²) in [5.74, 6) is 0.814. The summed E-state index contributed by atoms with van der Waals surface area (Å²) in [4.78, 5) is 4.57. The summed E-state index contributed by atoms with van der Waals surface area (Å²) >= 11 is 5.92. The van der Waals surface area contributed by atoms with E-state index >= 15 is 0 Å². The summed E-state index contributed by atoms with van der Waals surface area (Å²) in [6, 6.07) is 15.8. The smallest absolute Gasteiger partial charge is 0.121 e. The van der Waals surface area contributed by atoms with Gasteiger partial charge in [-0.2, -0.15) is 0 Å². The number of aromatic nitrogens is 1. The zero-order valence-corrected chi connectivity index (χ0v) is 13.3. The van der Waals surface area contributed by atoms with Crippen LogP contribution in [0.5, 0.6) is 5.75 Å². The number of hydrogen-bond donors (Lipinski definition) is 1. The molecule has 112 valence electrons. The van der Waals surface area contributed by atoms with Crippen LogP contribution in [-0.4, -0.2) is 12.1 Å². The van der Waals surface area contributed by atoms with Crippen molar-refractivity contribution in [2.45, 2.75) is 13.5 Å². The number of benzene rings is 2. The molecule has 0 amide bonds. The Morgan fingerprint density at radius 2 is 1.86 bits per heavy atom. The monoisotopic (exact) mass is 312 g/mol. The highest BCUT2D eigenvalue weighted by molar-refractivity contribution is 6.30. The first-order chi connectivity index (χ1) is 10.7. The molecule has 0 aliphatic carbocycles. The first kappa shape index (κ1) is 14.7. The third kappa shape index (κ3) is 3.15. The lowest BCUT2D eigenvalue weighted by Crippen LogP contribution is -2.01. The predicted molar refractivity (Wildman–Crippen MR) is 91.8 cm³/mol. The minimum absolute atomic E-state index is 0.738. The van der Waals surface area contributed by atoms with Gasteiger partial charge in [0.15, 0.2) is 0 Å². The number of methoxy groups -OCH3 is 1. The molecule has 0 fully saturated rings. The second-order valence-electron chi connectivity index (χ2n) is 5.17. The van der Waals surface area contributed by atoms with Gasteiger partial charge in [-0.25, -0.2) is 0 Å². The SMILES string of the molecule is COc1ccc2c(NCc3ccc(Cl)cc3)cc(C)nc2c1. The maximum atomic E-state index is 5.92. The quantitative estimate of drug-likeness (QED) is 0.750. The second-order valence-corrected chi connectivity index (χ2v) is 5.61. The molecule has 0 aliphatic rings. The van der Waals surface area contributed by atoms with Crippen molar-refractivity contribution in [1.29, 1.82) is 0 Å². The summed E-state index contributed by atoms with van der Waals surface area (Å²) < 4.78 is 5.27. The van der Waals surface area contributed by atoms with Gasteiger partial charge in [0.25, 0.3) is 0 Å². The van der Waals surface area contributed by atoms with Crippen LogP contribution in [-0.2, 0) is 6.54 Å². The van der Waals surface area contributed by atoms with E-state index in [4.69, 9.17) is 16.3 Å². The molecule has 0 unspecified atom stereocenters. The number of ether oxygens (including phenoxy) is 1. The molecule has 4 heteroatoms. The Morgan fingerprint density at radius 3 is 2.59 bits per heavy atom. The van der Waals surface area contributed by atoms with Gasteiger partial charge in [-0.3, -0.25) is 4.98 Å². The lowest BCUT2D eigenvalue weighted by Gasteiger charge is -2.12. The van der Waals surface area contributed by atoms with Crippen LogP contribution in [0.1, 0.15) is 11.3 Å². The van der Waals surface area contributed by atoms with Gasteiger partial charge in [-0.15, -0.1) is 0 Å². The average molecular weight is 313 g/mol. The molecular weight excluding hydrogens is 296 g/mol. The maximum Gasteiger partial charge on any atom is 0.121 e. The third-order valence-electron chi connectivity index (χ3n) is 3.54. The zero-order chi connectivity index (χ0) is 15.5. The Kier molecular flexibility index (Phi) is 4.16. The molecule has 0 saturated carbocycles. The molecule has 1 heterocycles. The van der Waals surface area contributed by atoms with E-state index in [1.807, 2.05) is 49.4 Å².